The van der Waals surface area contributed by atoms with Crippen LogP contribution in [0.5, 0.6) is 0 Å². The summed E-state index contributed by atoms with van der Waals surface area (Å²) in [5.74, 6) is 0. The molecule has 2 rings (SSSR count). The molecule has 1 saturated heterocycles. The number of thiocarbonyl (C=S) groups is 1. The van der Waals surface area contributed by atoms with Crippen molar-refractivity contribution in [3.63, 3.8) is 0 Å². The Bertz CT molecular complexity index is 676. The van der Waals surface area contributed by atoms with Crippen molar-refractivity contribution in [3.8, 4) is 6.07 Å². The molecule has 134 valence electrons. The van der Waals surface area contributed by atoms with Crippen LogP contribution in [0.1, 0.15) is 33.3 Å². The second kappa shape index (κ2) is 7.70. The lowest BCUT2D eigenvalue weighted by Gasteiger charge is -2.41. The predicted octanol–water partition coefficient (Wildman–Crippen LogP) is 3.20. The first-order valence-electron chi connectivity index (χ1n) is 8.25. The average Bonchev–Trinajstić information content (AvgIpc) is 2.53. The molecule has 0 bridgehead atoms. The zero-order valence-corrected chi connectivity index (χ0v) is 15.9. The number of nitrogens with zero attached hydrogens (tertiary/aromatic N) is 3. The van der Waals surface area contributed by atoms with Crippen LogP contribution in [0.4, 0.5) is 10.5 Å². The van der Waals surface area contributed by atoms with Crippen molar-refractivity contribution in [1.82, 2.24) is 9.80 Å². The third-order valence-corrected chi connectivity index (χ3v) is 4.14. The van der Waals surface area contributed by atoms with Gasteiger partial charge in [0.05, 0.1) is 11.6 Å². The Morgan fingerprint density at radius 2 is 1.96 bits per heavy atom. The van der Waals surface area contributed by atoms with E-state index in [1.807, 2.05) is 39.8 Å². The van der Waals surface area contributed by atoms with Crippen molar-refractivity contribution in [3.05, 3.63) is 29.8 Å². The van der Waals surface area contributed by atoms with E-state index < -0.39 is 5.60 Å². The first-order chi connectivity index (χ1) is 11.7. The smallest absolute Gasteiger partial charge is 0.410 e. The average molecular weight is 360 g/mol. The molecule has 1 atom stereocenters. The van der Waals surface area contributed by atoms with Gasteiger partial charge in [0, 0.05) is 31.4 Å². The fourth-order valence-electron chi connectivity index (χ4n) is 2.58. The Morgan fingerprint density at radius 1 is 1.32 bits per heavy atom. The van der Waals surface area contributed by atoms with Gasteiger partial charge in [-0.2, -0.15) is 5.26 Å². The van der Waals surface area contributed by atoms with E-state index in [4.69, 9.17) is 22.2 Å². The summed E-state index contributed by atoms with van der Waals surface area (Å²) in [4.78, 5) is 16.0. The van der Waals surface area contributed by atoms with Gasteiger partial charge in [-0.05, 0) is 64.2 Å². The summed E-state index contributed by atoms with van der Waals surface area (Å²) in [6.45, 7) is 9.38. The van der Waals surface area contributed by atoms with Crippen molar-refractivity contribution >= 4 is 29.1 Å². The first-order valence-corrected chi connectivity index (χ1v) is 8.66. The number of hydrogen-bond donors (Lipinski definition) is 1. The second-order valence-electron chi connectivity index (χ2n) is 7.09. The van der Waals surface area contributed by atoms with Crippen LogP contribution in [0.2, 0.25) is 0 Å². The minimum Gasteiger partial charge on any atom is -0.444 e. The number of carbonyl (C=O) groups excluding carboxylic acids is 1. The van der Waals surface area contributed by atoms with Crippen molar-refractivity contribution in [2.75, 3.05) is 25.0 Å². The molecule has 7 heteroatoms. The van der Waals surface area contributed by atoms with Crippen LogP contribution in [-0.4, -0.2) is 52.3 Å². The molecule has 1 aliphatic rings. The molecule has 1 aromatic carbocycles. The molecule has 0 aliphatic carbocycles. The van der Waals surface area contributed by atoms with Gasteiger partial charge in [0.15, 0.2) is 5.11 Å². The topological polar surface area (TPSA) is 68.6 Å². The van der Waals surface area contributed by atoms with Crippen LogP contribution >= 0.6 is 12.2 Å². The second-order valence-corrected chi connectivity index (χ2v) is 7.47. The summed E-state index contributed by atoms with van der Waals surface area (Å²) in [7, 11) is 0. The molecule has 25 heavy (non-hydrogen) atoms. The number of hydrogen-bond acceptors (Lipinski definition) is 4. The maximum absolute atomic E-state index is 12.2. The molecular weight excluding hydrogens is 336 g/mol. The van der Waals surface area contributed by atoms with E-state index in [1.165, 1.54) is 0 Å². The lowest BCUT2D eigenvalue weighted by Crippen LogP contribution is -2.56. The van der Waals surface area contributed by atoms with Gasteiger partial charge < -0.3 is 19.9 Å². The highest BCUT2D eigenvalue weighted by atomic mass is 32.1. The first kappa shape index (κ1) is 19.0. The lowest BCUT2D eigenvalue weighted by atomic mass is 10.2. The molecule has 0 aromatic heterocycles. The van der Waals surface area contributed by atoms with E-state index >= 15 is 0 Å². The number of nitriles is 1. The van der Waals surface area contributed by atoms with E-state index in [0.29, 0.717) is 30.3 Å². The van der Waals surface area contributed by atoms with E-state index in [1.54, 1.807) is 17.0 Å². The molecule has 1 aliphatic heterocycles. The number of rotatable bonds is 1. The van der Waals surface area contributed by atoms with Gasteiger partial charge in [0.2, 0.25) is 0 Å². The zero-order chi connectivity index (χ0) is 18.6. The molecule has 1 heterocycles. The zero-order valence-electron chi connectivity index (χ0n) is 15.1. The third kappa shape index (κ3) is 5.33. The summed E-state index contributed by atoms with van der Waals surface area (Å²) in [5.41, 5.74) is 0.950. The summed E-state index contributed by atoms with van der Waals surface area (Å²) in [5, 5.41) is 12.6. The summed E-state index contributed by atoms with van der Waals surface area (Å²) in [6, 6.07) is 9.31. The Labute approximate surface area is 154 Å². The number of amides is 1. The fraction of sp³-hybridized carbons (Fsp3) is 0.500. The lowest BCUT2D eigenvalue weighted by molar-refractivity contribution is 0.0135. The maximum Gasteiger partial charge on any atom is 0.410 e. The minimum atomic E-state index is -0.496. The number of anilines is 1. The van der Waals surface area contributed by atoms with Gasteiger partial charge in [0.1, 0.15) is 5.60 Å². The fourth-order valence-corrected chi connectivity index (χ4v) is 2.96. The largest absolute Gasteiger partial charge is 0.444 e. The molecule has 1 unspecified atom stereocenters. The van der Waals surface area contributed by atoms with Crippen LogP contribution < -0.4 is 5.32 Å². The molecule has 0 radical (unpaired) electrons. The highest BCUT2D eigenvalue weighted by Crippen LogP contribution is 2.17. The van der Waals surface area contributed by atoms with Gasteiger partial charge in [-0.15, -0.1) is 0 Å². The molecular formula is C18H24N4O2S. The molecule has 1 aromatic rings. The number of piperazine rings is 1. The third-order valence-electron chi connectivity index (χ3n) is 3.81. The van der Waals surface area contributed by atoms with E-state index in [2.05, 4.69) is 16.3 Å². The number of ether oxygens (including phenoxy) is 1. The van der Waals surface area contributed by atoms with Crippen molar-refractivity contribution in [2.45, 2.75) is 39.3 Å². The highest BCUT2D eigenvalue weighted by molar-refractivity contribution is 7.80. The normalized spacial score (nSPS) is 17.6. The van der Waals surface area contributed by atoms with Crippen LogP contribution in [0.25, 0.3) is 0 Å². The van der Waals surface area contributed by atoms with Crippen molar-refractivity contribution in [1.29, 1.82) is 5.26 Å². The molecule has 0 spiro atoms. The number of nitrogens with one attached hydrogen (secondary N) is 1. The van der Waals surface area contributed by atoms with E-state index in [0.717, 1.165) is 5.69 Å². The number of benzene rings is 1. The molecule has 1 N–H and O–H groups in total. The Hall–Kier alpha value is -2.33. The van der Waals surface area contributed by atoms with Gasteiger partial charge in [-0.1, -0.05) is 0 Å². The minimum absolute atomic E-state index is 0.0830. The predicted molar refractivity (Wildman–Crippen MR) is 101 cm³/mol. The van der Waals surface area contributed by atoms with Gasteiger partial charge in [-0.3, -0.25) is 0 Å². The van der Waals surface area contributed by atoms with Crippen LogP contribution in [0.15, 0.2) is 24.3 Å². The van der Waals surface area contributed by atoms with E-state index in [9.17, 15) is 4.79 Å². The quantitative estimate of drug-likeness (QED) is 0.776. The molecule has 0 saturated carbocycles. The van der Waals surface area contributed by atoms with Gasteiger partial charge in [-0.25, -0.2) is 4.79 Å². The highest BCUT2D eigenvalue weighted by Gasteiger charge is 2.30. The Morgan fingerprint density at radius 3 is 2.48 bits per heavy atom. The van der Waals surface area contributed by atoms with Crippen LogP contribution in [0.3, 0.4) is 0 Å². The van der Waals surface area contributed by atoms with Gasteiger partial charge >= 0.3 is 6.09 Å². The molecule has 1 amide bonds. The van der Waals surface area contributed by atoms with Crippen LogP contribution in [-0.2, 0) is 4.74 Å². The van der Waals surface area contributed by atoms with Gasteiger partial charge in [0.25, 0.3) is 0 Å². The Balaban J connectivity index is 1.92. The monoisotopic (exact) mass is 360 g/mol. The summed E-state index contributed by atoms with van der Waals surface area (Å²) in [6.07, 6.45) is -0.287. The van der Waals surface area contributed by atoms with Crippen molar-refractivity contribution < 1.29 is 9.53 Å². The molecule has 1 fully saturated rings. The summed E-state index contributed by atoms with van der Waals surface area (Å²) < 4.78 is 5.43. The Kier molecular flexibility index (Phi) is 5.85. The maximum atomic E-state index is 12.2. The number of carbonyl (C=O) groups is 1. The van der Waals surface area contributed by atoms with Crippen molar-refractivity contribution in [2.24, 2.45) is 0 Å². The molecule has 6 nitrogen and oxygen atoms in total. The van der Waals surface area contributed by atoms with E-state index in [-0.39, 0.29) is 12.1 Å². The van der Waals surface area contributed by atoms with Crippen LogP contribution in [0, 0.1) is 11.3 Å². The SMILES string of the molecule is CC1CN(C(=O)OC(C)(C)C)CCN1C(=S)Nc1ccc(C#N)cc1. The standard InChI is InChI=1S/C18H24N4O2S/c1-13-12-21(17(23)24-18(2,3)4)9-10-22(13)16(25)20-15-7-5-14(11-19)6-8-15/h5-8,13H,9-10,12H2,1-4H3,(H,20,25). The summed E-state index contributed by atoms with van der Waals surface area (Å²) >= 11 is 5.50.